The zero-order valence-corrected chi connectivity index (χ0v) is 13.2. The zero-order valence-electron chi connectivity index (χ0n) is 12.4. The van der Waals surface area contributed by atoms with E-state index >= 15 is 0 Å². The molecule has 1 atom stereocenters. The summed E-state index contributed by atoms with van der Waals surface area (Å²) in [5.74, 6) is -0.377. The van der Waals surface area contributed by atoms with Gasteiger partial charge in [0.15, 0.2) is 5.76 Å². The van der Waals surface area contributed by atoms with Gasteiger partial charge in [-0.3, -0.25) is 9.59 Å². The summed E-state index contributed by atoms with van der Waals surface area (Å²) in [6, 6.07) is 2.61. The first-order valence-corrected chi connectivity index (χ1v) is 6.88. The van der Waals surface area contributed by atoms with E-state index < -0.39 is 6.04 Å². The van der Waals surface area contributed by atoms with Crippen molar-refractivity contribution in [2.24, 2.45) is 11.7 Å². The molecule has 0 radical (unpaired) electrons. The average Bonchev–Trinajstić information content (AvgIpc) is 2.94. The van der Waals surface area contributed by atoms with Crippen LogP contribution in [0.15, 0.2) is 22.8 Å². The Labute approximate surface area is 131 Å². The van der Waals surface area contributed by atoms with Gasteiger partial charge in [0.05, 0.1) is 6.26 Å². The van der Waals surface area contributed by atoms with Crippen molar-refractivity contribution in [3.05, 3.63) is 24.2 Å². The summed E-state index contributed by atoms with van der Waals surface area (Å²) in [6.07, 6.45) is 3.12. The smallest absolute Gasteiger partial charge is 0.287 e. The van der Waals surface area contributed by atoms with Crippen molar-refractivity contribution < 1.29 is 14.0 Å². The Hall–Kier alpha value is -1.53. The minimum atomic E-state index is -0.578. The molecular formula is C14H24ClN3O3. The van der Waals surface area contributed by atoms with Crippen LogP contribution in [0, 0.1) is 5.92 Å². The third kappa shape index (κ3) is 6.64. The largest absolute Gasteiger partial charge is 0.459 e. The average molecular weight is 318 g/mol. The Morgan fingerprint density at radius 3 is 2.57 bits per heavy atom. The van der Waals surface area contributed by atoms with Gasteiger partial charge in [-0.25, -0.2) is 0 Å². The molecule has 0 spiro atoms. The van der Waals surface area contributed by atoms with Gasteiger partial charge >= 0.3 is 0 Å². The van der Waals surface area contributed by atoms with Gasteiger partial charge in [-0.1, -0.05) is 13.8 Å². The molecule has 21 heavy (non-hydrogen) atoms. The molecular weight excluding hydrogens is 294 g/mol. The number of hydrogen-bond acceptors (Lipinski definition) is 4. The molecule has 120 valence electrons. The predicted molar refractivity (Wildman–Crippen MR) is 83.3 cm³/mol. The highest BCUT2D eigenvalue weighted by Gasteiger charge is 2.25. The number of hydrogen-bond donors (Lipinski definition) is 3. The summed E-state index contributed by atoms with van der Waals surface area (Å²) in [7, 11) is 0. The topological polar surface area (TPSA) is 97.4 Å². The van der Waals surface area contributed by atoms with Crippen molar-refractivity contribution >= 4 is 24.2 Å². The van der Waals surface area contributed by atoms with Crippen LogP contribution in [0.2, 0.25) is 0 Å². The van der Waals surface area contributed by atoms with Crippen LogP contribution >= 0.6 is 12.4 Å². The molecule has 4 N–H and O–H groups in total. The van der Waals surface area contributed by atoms with Crippen LogP contribution < -0.4 is 16.4 Å². The van der Waals surface area contributed by atoms with Crippen molar-refractivity contribution in [1.29, 1.82) is 0 Å². The van der Waals surface area contributed by atoms with E-state index in [2.05, 4.69) is 10.6 Å². The van der Waals surface area contributed by atoms with Crippen LogP contribution in [0.5, 0.6) is 0 Å². The SMILES string of the molecule is CC(C)C(NC(=O)c1ccco1)C(=O)NCCCCN.Cl. The monoisotopic (exact) mass is 317 g/mol. The summed E-state index contributed by atoms with van der Waals surface area (Å²) >= 11 is 0. The molecule has 0 aromatic carbocycles. The normalized spacial score (nSPS) is 11.6. The number of carbonyl (C=O) groups is 2. The van der Waals surface area contributed by atoms with Crippen LogP contribution in [-0.4, -0.2) is 30.9 Å². The Bertz CT molecular complexity index is 421. The van der Waals surface area contributed by atoms with Crippen molar-refractivity contribution in [1.82, 2.24) is 10.6 Å². The molecule has 0 saturated heterocycles. The van der Waals surface area contributed by atoms with E-state index in [0.717, 1.165) is 12.8 Å². The first-order valence-electron chi connectivity index (χ1n) is 6.88. The minimum absolute atomic E-state index is 0. The second-order valence-electron chi connectivity index (χ2n) is 4.96. The van der Waals surface area contributed by atoms with Crippen LogP contribution in [0.4, 0.5) is 0 Å². The van der Waals surface area contributed by atoms with Gasteiger partial charge in [0.2, 0.25) is 5.91 Å². The molecule has 0 bridgehead atoms. The third-order valence-electron chi connectivity index (χ3n) is 2.91. The van der Waals surface area contributed by atoms with E-state index in [0.29, 0.717) is 13.1 Å². The molecule has 0 aliphatic heterocycles. The fraction of sp³-hybridized carbons (Fsp3) is 0.571. The Kier molecular flexibility index (Phi) is 9.49. The molecule has 0 aliphatic carbocycles. The van der Waals surface area contributed by atoms with Crippen molar-refractivity contribution in [2.45, 2.75) is 32.7 Å². The van der Waals surface area contributed by atoms with Gasteiger partial charge in [-0.2, -0.15) is 0 Å². The number of nitrogens with two attached hydrogens (primary N) is 1. The number of rotatable bonds is 8. The summed E-state index contributed by atoms with van der Waals surface area (Å²) in [5, 5.41) is 5.50. The van der Waals surface area contributed by atoms with Gasteiger partial charge < -0.3 is 20.8 Å². The third-order valence-corrected chi connectivity index (χ3v) is 2.91. The predicted octanol–water partition coefficient (Wildman–Crippen LogP) is 1.31. The molecule has 1 aromatic heterocycles. The number of nitrogens with one attached hydrogen (secondary N) is 2. The van der Waals surface area contributed by atoms with Crippen molar-refractivity contribution in [3.8, 4) is 0 Å². The minimum Gasteiger partial charge on any atom is -0.459 e. The molecule has 1 aromatic rings. The Balaban J connectivity index is 0.00000400. The highest BCUT2D eigenvalue weighted by molar-refractivity contribution is 5.95. The first-order chi connectivity index (χ1) is 9.56. The molecule has 0 fully saturated rings. The molecule has 1 unspecified atom stereocenters. The second-order valence-corrected chi connectivity index (χ2v) is 4.96. The Morgan fingerprint density at radius 1 is 1.33 bits per heavy atom. The lowest BCUT2D eigenvalue weighted by atomic mass is 10.0. The van der Waals surface area contributed by atoms with E-state index in [4.69, 9.17) is 10.2 Å². The molecule has 0 aliphatic rings. The number of furan rings is 1. The maximum atomic E-state index is 12.1. The van der Waals surface area contributed by atoms with E-state index in [1.54, 1.807) is 12.1 Å². The lowest BCUT2D eigenvalue weighted by Gasteiger charge is -2.21. The van der Waals surface area contributed by atoms with Gasteiger partial charge in [0.1, 0.15) is 6.04 Å². The summed E-state index contributed by atoms with van der Waals surface area (Å²) in [5.41, 5.74) is 5.39. The molecule has 6 nitrogen and oxygen atoms in total. The maximum Gasteiger partial charge on any atom is 0.287 e. The van der Waals surface area contributed by atoms with E-state index in [1.807, 2.05) is 13.8 Å². The quantitative estimate of drug-likeness (QED) is 0.630. The van der Waals surface area contributed by atoms with Crippen LogP contribution in [-0.2, 0) is 4.79 Å². The standard InChI is InChI=1S/C14H23N3O3.ClH/c1-10(2)12(14(19)16-8-4-3-7-15)17-13(18)11-6-5-9-20-11;/h5-6,9-10,12H,3-4,7-8,15H2,1-2H3,(H,16,19)(H,17,18);1H. The molecule has 7 heteroatoms. The van der Waals surface area contributed by atoms with E-state index in [9.17, 15) is 9.59 Å². The van der Waals surface area contributed by atoms with E-state index in [-0.39, 0.29) is 35.9 Å². The second kappa shape index (κ2) is 10.2. The summed E-state index contributed by atoms with van der Waals surface area (Å²) < 4.78 is 5.01. The van der Waals surface area contributed by atoms with Crippen molar-refractivity contribution in [3.63, 3.8) is 0 Å². The summed E-state index contributed by atoms with van der Waals surface area (Å²) in [4.78, 5) is 24.0. The van der Waals surface area contributed by atoms with Gasteiger partial charge in [-0.15, -0.1) is 12.4 Å². The summed E-state index contributed by atoms with van der Waals surface area (Å²) in [6.45, 7) is 4.94. The van der Waals surface area contributed by atoms with E-state index in [1.165, 1.54) is 6.26 Å². The highest BCUT2D eigenvalue weighted by atomic mass is 35.5. The van der Waals surface area contributed by atoms with Gasteiger partial charge in [0.25, 0.3) is 5.91 Å². The lowest BCUT2D eigenvalue weighted by molar-refractivity contribution is -0.123. The van der Waals surface area contributed by atoms with Gasteiger partial charge in [0, 0.05) is 6.54 Å². The maximum absolute atomic E-state index is 12.1. The number of unbranched alkanes of at least 4 members (excludes halogenated alkanes) is 1. The molecule has 1 rings (SSSR count). The van der Waals surface area contributed by atoms with Crippen LogP contribution in [0.3, 0.4) is 0 Å². The Morgan fingerprint density at radius 2 is 2.05 bits per heavy atom. The van der Waals surface area contributed by atoms with Crippen LogP contribution in [0.1, 0.15) is 37.2 Å². The molecule has 1 heterocycles. The fourth-order valence-electron chi connectivity index (χ4n) is 1.75. The number of carbonyl (C=O) groups excluding carboxylic acids is 2. The number of amides is 2. The van der Waals surface area contributed by atoms with Gasteiger partial charge in [-0.05, 0) is 37.4 Å². The zero-order chi connectivity index (χ0) is 15.0. The first kappa shape index (κ1) is 19.5. The van der Waals surface area contributed by atoms with Crippen LogP contribution in [0.25, 0.3) is 0 Å². The lowest BCUT2D eigenvalue weighted by Crippen LogP contribution is -2.49. The molecule has 0 saturated carbocycles. The number of halogens is 1. The fourth-order valence-corrected chi connectivity index (χ4v) is 1.75. The highest BCUT2D eigenvalue weighted by Crippen LogP contribution is 2.05. The molecule has 2 amide bonds. The van der Waals surface area contributed by atoms with Crippen molar-refractivity contribution in [2.75, 3.05) is 13.1 Å².